The zero-order valence-electron chi connectivity index (χ0n) is 11.6. The van der Waals surface area contributed by atoms with E-state index in [2.05, 4.69) is 28.5 Å². The normalized spacial score (nSPS) is 15.8. The Morgan fingerprint density at radius 3 is 2.83 bits per heavy atom. The Morgan fingerprint density at radius 1 is 1.48 bits per heavy atom. The second-order valence-electron chi connectivity index (χ2n) is 4.34. The highest BCUT2D eigenvalue weighted by molar-refractivity contribution is 14.1. The van der Waals surface area contributed by atoms with Crippen molar-refractivity contribution in [1.29, 1.82) is 0 Å². The highest BCUT2D eigenvalue weighted by Gasteiger charge is 2.36. The van der Waals surface area contributed by atoms with Crippen molar-refractivity contribution >= 4 is 57.5 Å². The van der Waals surface area contributed by atoms with E-state index in [-0.39, 0.29) is 11.5 Å². The van der Waals surface area contributed by atoms with Gasteiger partial charge in [-0.15, -0.1) is 6.42 Å². The lowest BCUT2D eigenvalue weighted by molar-refractivity contribution is -0.140. The highest BCUT2D eigenvalue weighted by atomic mass is 127. The van der Waals surface area contributed by atoms with Crippen molar-refractivity contribution < 1.29 is 24.2 Å². The summed E-state index contributed by atoms with van der Waals surface area (Å²) in [6.07, 6.45) is 6.68. The summed E-state index contributed by atoms with van der Waals surface area (Å²) in [6, 6.07) is 5.21. The molecule has 0 bridgehead atoms. The molecular weight excluding hydrogens is 433 g/mol. The molecule has 1 fully saturated rings. The molecule has 0 saturated carbocycles. The quantitative estimate of drug-likeness (QED) is 0.428. The van der Waals surface area contributed by atoms with Gasteiger partial charge in [0.1, 0.15) is 18.9 Å². The van der Waals surface area contributed by atoms with Crippen LogP contribution in [0.4, 0.5) is 4.79 Å². The minimum absolute atomic E-state index is 0.156. The van der Waals surface area contributed by atoms with E-state index in [9.17, 15) is 14.4 Å². The molecule has 1 saturated heterocycles. The zero-order chi connectivity index (χ0) is 17.0. The molecule has 0 aromatic heterocycles. The van der Waals surface area contributed by atoms with E-state index >= 15 is 0 Å². The van der Waals surface area contributed by atoms with Gasteiger partial charge in [0, 0.05) is 0 Å². The van der Waals surface area contributed by atoms with Gasteiger partial charge in [0.2, 0.25) is 0 Å². The smallest absolute Gasteiger partial charge is 0.323 e. The lowest BCUT2D eigenvalue weighted by Gasteiger charge is -2.08. The maximum atomic E-state index is 12.1. The van der Waals surface area contributed by atoms with Crippen LogP contribution in [-0.4, -0.2) is 40.3 Å². The van der Waals surface area contributed by atoms with E-state index in [1.807, 2.05) is 0 Å². The summed E-state index contributed by atoms with van der Waals surface area (Å²) in [6.45, 7) is -0.484. The van der Waals surface area contributed by atoms with Gasteiger partial charge in [0.05, 0.1) is 8.48 Å². The molecule has 1 N–H and O–H groups in total. The number of ether oxygens (including phenoxy) is 1. The van der Waals surface area contributed by atoms with Crippen molar-refractivity contribution in [1.82, 2.24) is 4.90 Å². The van der Waals surface area contributed by atoms with E-state index in [4.69, 9.17) is 16.3 Å². The standard InChI is InChI=1S/C15H10INO5S/c1-2-5-22-11-4-3-9(6-10(11)16)7-12-14(20)17(8-13(18)19)15(21)23-12/h1,3-4,6-7H,5,8H2,(H,18,19)/b12-7+. The topological polar surface area (TPSA) is 83.9 Å². The van der Waals surface area contributed by atoms with E-state index in [0.717, 1.165) is 15.3 Å². The zero-order valence-corrected chi connectivity index (χ0v) is 14.6. The van der Waals surface area contributed by atoms with Gasteiger partial charge in [0.15, 0.2) is 0 Å². The highest BCUT2D eigenvalue weighted by Crippen LogP contribution is 2.33. The number of carbonyl (C=O) groups excluding carboxylic acids is 2. The van der Waals surface area contributed by atoms with Crippen molar-refractivity contribution in [2.45, 2.75) is 0 Å². The average molecular weight is 443 g/mol. The second kappa shape index (κ2) is 7.52. The number of carbonyl (C=O) groups is 3. The molecule has 1 aromatic rings. The number of aliphatic carboxylic acids is 1. The number of terminal acetylenes is 1. The largest absolute Gasteiger partial charge is 0.480 e. The molecule has 1 aromatic carbocycles. The van der Waals surface area contributed by atoms with E-state index < -0.39 is 23.7 Å². The van der Waals surface area contributed by atoms with Crippen LogP contribution in [0.1, 0.15) is 5.56 Å². The summed E-state index contributed by atoms with van der Waals surface area (Å²) in [7, 11) is 0. The molecule has 1 aliphatic rings. The Morgan fingerprint density at radius 2 is 2.22 bits per heavy atom. The number of carboxylic acid groups (broad SMARTS) is 1. The Hall–Kier alpha value is -1.99. The van der Waals surface area contributed by atoms with Crippen LogP contribution < -0.4 is 4.74 Å². The minimum atomic E-state index is -1.24. The number of imide groups is 1. The Kier molecular flexibility index (Phi) is 5.68. The van der Waals surface area contributed by atoms with Crippen LogP contribution in [0.3, 0.4) is 0 Å². The third-order valence-corrected chi connectivity index (χ3v) is 4.48. The number of benzene rings is 1. The molecule has 23 heavy (non-hydrogen) atoms. The molecule has 0 unspecified atom stereocenters. The molecule has 2 rings (SSSR count). The maximum absolute atomic E-state index is 12.1. The first-order valence-corrected chi connectivity index (χ1v) is 8.15. The third-order valence-electron chi connectivity index (χ3n) is 2.73. The number of carboxylic acids is 1. The van der Waals surface area contributed by atoms with E-state index in [0.29, 0.717) is 16.2 Å². The third kappa shape index (κ3) is 4.27. The van der Waals surface area contributed by atoms with Crippen LogP contribution in [-0.2, 0) is 9.59 Å². The van der Waals surface area contributed by atoms with Crippen molar-refractivity contribution in [2.75, 3.05) is 13.2 Å². The van der Waals surface area contributed by atoms with Gasteiger partial charge in [-0.2, -0.15) is 0 Å². The van der Waals surface area contributed by atoms with Gasteiger partial charge in [-0.3, -0.25) is 19.3 Å². The second-order valence-corrected chi connectivity index (χ2v) is 6.50. The SMILES string of the molecule is C#CCOc1ccc(/C=C2/SC(=O)N(CC(=O)O)C2=O)cc1I. The van der Waals surface area contributed by atoms with Gasteiger partial charge in [0.25, 0.3) is 11.1 Å². The van der Waals surface area contributed by atoms with Crippen molar-refractivity contribution in [3.05, 3.63) is 32.2 Å². The Bertz CT molecular complexity index is 753. The molecule has 1 aliphatic heterocycles. The van der Waals surface area contributed by atoms with Gasteiger partial charge in [-0.05, 0) is 58.1 Å². The molecule has 0 radical (unpaired) electrons. The van der Waals surface area contributed by atoms with Crippen LogP contribution in [0.25, 0.3) is 6.08 Å². The fourth-order valence-corrected chi connectivity index (χ4v) is 3.30. The number of nitrogens with zero attached hydrogens (tertiary/aromatic N) is 1. The number of rotatable bonds is 5. The summed E-state index contributed by atoms with van der Waals surface area (Å²) in [4.78, 5) is 35.3. The number of hydrogen-bond donors (Lipinski definition) is 1. The van der Waals surface area contributed by atoms with E-state index in [1.54, 1.807) is 24.3 Å². The van der Waals surface area contributed by atoms with Gasteiger partial charge >= 0.3 is 5.97 Å². The molecule has 1 heterocycles. The summed E-state index contributed by atoms with van der Waals surface area (Å²) in [5.41, 5.74) is 0.697. The first kappa shape index (κ1) is 17.4. The van der Waals surface area contributed by atoms with Crippen LogP contribution in [0.15, 0.2) is 23.1 Å². The van der Waals surface area contributed by atoms with Crippen LogP contribution >= 0.6 is 34.4 Å². The van der Waals surface area contributed by atoms with Crippen LogP contribution in [0.5, 0.6) is 5.75 Å². The minimum Gasteiger partial charge on any atom is -0.480 e. The first-order chi connectivity index (χ1) is 10.9. The molecule has 0 spiro atoms. The number of thioether (sulfide) groups is 1. The summed E-state index contributed by atoms with van der Waals surface area (Å²) in [5, 5.41) is 8.13. The van der Waals surface area contributed by atoms with E-state index in [1.165, 1.54) is 0 Å². The predicted octanol–water partition coefficient (Wildman–Crippen LogP) is 2.42. The number of hydrogen-bond acceptors (Lipinski definition) is 5. The lowest BCUT2D eigenvalue weighted by Crippen LogP contribution is -2.33. The fourth-order valence-electron chi connectivity index (χ4n) is 1.77. The number of halogens is 1. The molecule has 8 heteroatoms. The molecule has 0 aliphatic carbocycles. The van der Waals surface area contributed by atoms with Crippen LogP contribution in [0.2, 0.25) is 0 Å². The Labute approximate surface area is 150 Å². The molecule has 2 amide bonds. The summed E-state index contributed by atoms with van der Waals surface area (Å²) >= 11 is 2.79. The molecule has 118 valence electrons. The lowest BCUT2D eigenvalue weighted by atomic mass is 10.2. The number of amides is 2. The summed E-state index contributed by atoms with van der Waals surface area (Å²) < 4.78 is 6.15. The van der Waals surface area contributed by atoms with Crippen molar-refractivity contribution in [3.8, 4) is 18.1 Å². The van der Waals surface area contributed by atoms with Gasteiger partial charge in [-0.25, -0.2) is 0 Å². The predicted molar refractivity (Wildman–Crippen MR) is 93.8 cm³/mol. The first-order valence-electron chi connectivity index (χ1n) is 6.25. The summed E-state index contributed by atoms with van der Waals surface area (Å²) in [5.74, 6) is 1.15. The fraction of sp³-hybridized carbons (Fsp3) is 0.133. The monoisotopic (exact) mass is 443 g/mol. The molecule has 0 atom stereocenters. The van der Waals surface area contributed by atoms with Gasteiger partial charge in [-0.1, -0.05) is 12.0 Å². The maximum Gasteiger partial charge on any atom is 0.323 e. The van der Waals surface area contributed by atoms with Gasteiger partial charge < -0.3 is 9.84 Å². The average Bonchev–Trinajstić information content (AvgIpc) is 2.74. The molecule has 6 nitrogen and oxygen atoms in total. The van der Waals surface area contributed by atoms with Crippen molar-refractivity contribution in [2.24, 2.45) is 0 Å². The Balaban J connectivity index is 2.21. The molecular formula is C15H10INO5S. The van der Waals surface area contributed by atoms with Crippen molar-refractivity contribution in [3.63, 3.8) is 0 Å². The van der Waals surface area contributed by atoms with Crippen LogP contribution in [0, 0.1) is 15.9 Å².